The summed E-state index contributed by atoms with van der Waals surface area (Å²) in [6, 6.07) is 8.80. The van der Waals surface area contributed by atoms with Crippen molar-refractivity contribution in [3.05, 3.63) is 30.3 Å². The molecule has 0 aliphatic heterocycles. The summed E-state index contributed by atoms with van der Waals surface area (Å²) >= 11 is -4.16. The molecule has 1 aliphatic rings. The van der Waals surface area contributed by atoms with E-state index in [0.717, 1.165) is 19.3 Å². The fourth-order valence-corrected chi connectivity index (χ4v) is 7.41. The molecule has 100 valence electrons. The van der Waals surface area contributed by atoms with Gasteiger partial charge in [0.2, 0.25) is 0 Å². The summed E-state index contributed by atoms with van der Waals surface area (Å²) in [6.07, 6.45) is 3.56. The van der Waals surface area contributed by atoms with Crippen molar-refractivity contribution in [1.82, 2.24) is 0 Å². The van der Waals surface area contributed by atoms with Crippen LogP contribution in [0.4, 0.5) is 0 Å². The SMILES string of the molecule is CO[C@]1(C)CCCC[C@H]1[Se](=O)(=O)c1ccccc1. The zero-order valence-corrected chi connectivity index (χ0v) is 12.6. The summed E-state index contributed by atoms with van der Waals surface area (Å²) in [5.41, 5.74) is -0.530. The molecule has 0 unspecified atom stereocenters. The summed E-state index contributed by atoms with van der Waals surface area (Å²) in [4.78, 5) is -0.366. The van der Waals surface area contributed by atoms with Gasteiger partial charge < -0.3 is 0 Å². The Bertz CT molecular complexity index is 495. The molecule has 0 aromatic heterocycles. The van der Waals surface area contributed by atoms with E-state index in [2.05, 4.69) is 0 Å². The van der Waals surface area contributed by atoms with Crippen molar-refractivity contribution in [3.8, 4) is 0 Å². The van der Waals surface area contributed by atoms with Crippen molar-refractivity contribution in [2.45, 2.75) is 43.0 Å². The van der Waals surface area contributed by atoms with E-state index >= 15 is 0 Å². The number of rotatable bonds is 3. The van der Waals surface area contributed by atoms with E-state index in [9.17, 15) is 7.67 Å². The summed E-state index contributed by atoms with van der Waals surface area (Å²) in [6.45, 7) is 1.93. The molecular weight excluding hydrogens is 295 g/mol. The van der Waals surface area contributed by atoms with Gasteiger partial charge in [-0.05, 0) is 0 Å². The van der Waals surface area contributed by atoms with E-state index in [4.69, 9.17) is 4.74 Å². The maximum atomic E-state index is 12.8. The predicted molar refractivity (Wildman–Crippen MR) is 70.8 cm³/mol. The summed E-state index contributed by atoms with van der Waals surface area (Å²) < 4.78 is 31.5. The molecule has 0 radical (unpaired) electrons. The Kier molecular flexibility index (Phi) is 3.90. The van der Waals surface area contributed by atoms with Crippen molar-refractivity contribution in [2.24, 2.45) is 0 Å². The first-order valence-electron chi connectivity index (χ1n) is 6.35. The zero-order valence-electron chi connectivity index (χ0n) is 10.9. The molecule has 0 spiro atoms. The Balaban J connectivity index is 2.40. The van der Waals surface area contributed by atoms with E-state index in [1.54, 1.807) is 31.4 Å². The quantitative estimate of drug-likeness (QED) is 0.805. The molecule has 3 nitrogen and oxygen atoms in total. The van der Waals surface area contributed by atoms with Crippen molar-refractivity contribution in [3.63, 3.8) is 0 Å². The molecule has 0 N–H and O–H groups in total. The van der Waals surface area contributed by atoms with Gasteiger partial charge in [-0.3, -0.25) is 0 Å². The van der Waals surface area contributed by atoms with Gasteiger partial charge in [-0.25, -0.2) is 0 Å². The van der Waals surface area contributed by atoms with Gasteiger partial charge in [0.1, 0.15) is 0 Å². The fraction of sp³-hybridized carbons (Fsp3) is 0.571. The molecule has 2 rings (SSSR count). The first-order chi connectivity index (χ1) is 8.50. The molecule has 1 saturated carbocycles. The number of ether oxygens (including phenoxy) is 1. The van der Waals surface area contributed by atoms with Crippen LogP contribution in [0.5, 0.6) is 0 Å². The third-order valence-corrected chi connectivity index (χ3v) is 9.05. The van der Waals surface area contributed by atoms with Crippen LogP contribution in [0.25, 0.3) is 0 Å². The number of hydrogen-bond acceptors (Lipinski definition) is 3. The topological polar surface area (TPSA) is 43.4 Å². The fourth-order valence-electron chi connectivity index (χ4n) is 2.76. The molecule has 1 fully saturated rings. The third-order valence-electron chi connectivity index (χ3n) is 3.98. The second kappa shape index (κ2) is 5.12. The van der Waals surface area contributed by atoms with Crippen molar-refractivity contribution in [1.29, 1.82) is 0 Å². The molecule has 0 saturated heterocycles. The average Bonchev–Trinajstić information content (AvgIpc) is 2.40. The van der Waals surface area contributed by atoms with Gasteiger partial charge in [-0.15, -0.1) is 0 Å². The predicted octanol–water partition coefficient (Wildman–Crippen LogP) is 2.55. The van der Waals surface area contributed by atoms with Gasteiger partial charge in [0.05, 0.1) is 0 Å². The zero-order chi connectivity index (χ0) is 13.2. The van der Waals surface area contributed by atoms with Gasteiger partial charge in [-0.1, -0.05) is 0 Å². The standard InChI is InChI=1S/C14H20O3Se/c1-14(17-2)11-7-6-10-13(14)18(15,16)12-8-4-3-5-9-12/h3-5,8-9,13H,6-7,10-11H2,1-2H3/t13-,14-/m1/s1. The van der Waals surface area contributed by atoms with Crippen LogP contribution in [0.3, 0.4) is 0 Å². The van der Waals surface area contributed by atoms with Crippen molar-refractivity contribution >= 4 is 17.2 Å². The third kappa shape index (κ3) is 2.37. The average molecular weight is 315 g/mol. The normalized spacial score (nSPS) is 29.1. The van der Waals surface area contributed by atoms with Gasteiger partial charge in [0.25, 0.3) is 0 Å². The van der Waals surface area contributed by atoms with Crippen LogP contribution in [0, 0.1) is 0 Å². The first-order valence-corrected chi connectivity index (χ1v) is 9.59. The molecule has 4 heteroatoms. The molecule has 0 bridgehead atoms. The van der Waals surface area contributed by atoms with E-state index < -0.39 is 18.3 Å². The van der Waals surface area contributed by atoms with Crippen molar-refractivity contribution < 1.29 is 12.4 Å². The van der Waals surface area contributed by atoms with Gasteiger partial charge >= 0.3 is 110 Å². The van der Waals surface area contributed by atoms with Crippen molar-refractivity contribution in [2.75, 3.05) is 7.11 Å². The summed E-state index contributed by atoms with van der Waals surface area (Å²) in [5.74, 6) is 0. The van der Waals surface area contributed by atoms with Gasteiger partial charge in [0.15, 0.2) is 0 Å². The Morgan fingerprint density at radius 1 is 1.22 bits per heavy atom. The van der Waals surface area contributed by atoms with E-state index in [1.807, 2.05) is 13.0 Å². The van der Waals surface area contributed by atoms with E-state index in [0.29, 0.717) is 10.9 Å². The van der Waals surface area contributed by atoms with Crippen LogP contribution in [0.1, 0.15) is 32.6 Å². The molecule has 0 heterocycles. The Morgan fingerprint density at radius 3 is 2.50 bits per heavy atom. The number of methoxy groups -OCH3 is 1. The van der Waals surface area contributed by atoms with Crippen LogP contribution in [0.2, 0.25) is 4.82 Å². The number of hydrogen-bond donors (Lipinski definition) is 0. The van der Waals surface area contributed by atoms with E-state index in [1.165, 1.54) is 0 Å². The molecule has 1 aliphatic carbocycles. The van der Waals surface area contributed by atoms with Gasteiger partial charge in [-0.2, -0.15) is 0 Å². The molecule has 1 aromatic rings. The van der Waals surface area contributed by atoms with E-state index in [-0.39, 0.29) is 4.82 Å². The first kappa shape index (κ1) is 13.7. The molecule has 18 heavy (non-hydrogen) atoms. The molecular formula is C14H20O3Se. The maximum absolute atomic E-state index is 12.8. The second-order valence-electron chi connectivity index (χ2n) is 5.11. The minimum atomic E-state index is -4.16. The van der Waals surface area contributed by atoms with Crippen LogP contribution >= 0.6 is 0 Å². The Labute approximate surface area is 110 Å². The van der Waals surface area contributed by atoms with Crippen LogP contribution < -0.4 is 4.46 Å². The summed E-state index contributed by atoms with van der Waals surface area (Å²) in [7, 11) is 1.62. The van der Waals surface area contributed by atoms with Crippen LogP contribution in [-0.2, 0) is 12.4 Å². The molecule has 2 atom stereocenters. The van der Waals surface area contributed by atoms with Crippen LogP contribution in [0.15, 0.2) is 30.3 Å². The number of benzene rings is 1. The molecule has 0 amide bonds. The van der Waals surface area contributed by atoms with Crippen LogP contribution in [-0.4, -0.2) is 25.4 Å². The monoisotopic (exact) mass is 316 g/mol. The minimum absolute atomic E-state index is 0.366. The Hall–Kier alpha value is -0.701. The Morgan fingerprint density at radius 2 is 1.89 bits per heavy atom. The molecule has 1 aromatic carbocycles. The second-order valence-corrected chi connectivity index (χ2v) is 9.58. The summed E-state index contributed by atoms with van der Waals surface area (Å²) in [5, 5.41) is 0. The van der Waals surface area contributed by atoms with Gasteiger partial charge in [0, 0.05) is 0 Å².